The van der Waals surface area contributed by atoms with Crippen LogP contribution in [0.1, 0.15) is 0 Å². The summed E-state index contributed by atoms with van der Waals surface area (Å²) < 4.78 is 178. The number of fused-ring (bicyclic) bond motifs is 3. The fourth-order valence-corrected chi connectivity index (χ4v) is 10.4. The summed E-state index contributed by atoms with van der Waals surface area (Å²) in [6.45, 7) is 0. The number of nitrogens with zero attached hydrogens (tertiary/aromatic N) is 6. The zero-order valence-electron chi connectivity index (χ0n) is 40.2. The number of hydrogen-bond donors (Lipinski definition) is 4. The average Bonchev–Trinajstić information content (AvgIpc) is 3.28. The third-order valence-electron chi connectivity index (χ3n) is 10.3. The molecular weight excluding hydrogens is 1170 g/mol. The molecule has 0 fully saturated rings. The minimum absolute atomic E-state index is 0. The summed E-state index contributed by atoms with van der Waals surface area (Å²) in [5, 5.41) is 63.8. The Morgan fingerprint density at radius 3 is 1.55 bits per heavy atom. The number of rotatable bonds is 13. The van der Waals surface area contributed by atoms with E-state index in [0.29, 0.717) is 17.8 Å². The van der Waals surface area contributed by atoms with Gasteiger partial charge in [-0.3, -0.25) is 13.7 Å². The Labute approximate surface area is 547 Å². The summed E-state index contributed by atoms with van der Waals surface area (Å²) in [5.41, 5.74) is -3.73. The van der Waals surface area contributed by atoms with Crippen molar-refractivity contribution in [2.24, 2.45) is 30.7 Å². The van der Waals surface area contributed by atoms with Crippen LogP contribution in [0.4, 0.5) is 45.5 Å². The standard InChI is InChI=1S/C42H29N7O18S5.5Na/c50-33-19-24(68(53,54)55)18-29-26(33)12-15-32(42(29)72(65,66)67)46-47-37-28-20-36(71(62,63)64)39(41(52)27(28)13-14-31(37)43-22-6-2-1-3-7-22)48-44-23-10-11-25-21(16-23)17-35(70(59,60)61)38(40(25)51)49-45-30-8-4-5-9-34(30)69(56,57)58;;;;;/h1-20,43,50-52H,(H,53,54,55)(H,56,57,58)(H,59,60,61)(H,62,63,64)(H,65,66,67);;;;;/q;5*+1/p-5. The van der Waals surface area contributed by atoms with Crippen molar-refractivity contribution in [3.8, 4) is 17.2 Å². The second kappa shape index (κ2) is 26.3. The largest absolute Gasteiger partial charge is 1.00 e. The molecule has 0 aliphatic carbocycles. The van der Waals surface area contributed by atoms with Gasteiger partial charge in [0.1, 0.15) is 52.0 Å². The maximum atomic E-state index is 14.2. The van der Waals surface area contributed by atoms with Crippen LogP contribution in [0.3, 0.4) is 0 Å². The molecule has 0 heterocycles. The normalized spacial score (nSPS) is 12.2. The summed E-state index contributed by atoms with van der Waals surface area (Å²) >= 11 is 0. The van der Waals surface area contributed by atoms with Gasteiger partial charge in [0.05, 0.1) is 32.5 Å². The SMILES string of the molecule is O=S(=O)([O-])c1cc([O-])c2ccc(N=Nc3c(Nc4ccccc4)ccc4c([O-])c(N=Nc5ccc6c([O-])c(N=Nc7ccccc7S(=O)(=O)[O-])c(S(=O)(=O)O)cc6c5)c(S(=O)(=O)O)cc34)c(S(=O)(=O)O)c2c1.[Na+].[Na+].[Na+].[Na+].[Na+]. The van der Waals surface area contributed by atoms with E-state index in [9.17, 15) is 80.2 Å². The van der Waals surface area contributed by atoms with Gasteiger partial charge >= 0.3 is 148 Å². The molecule has 0 radical (unpaired) electrons. The number of nitrogens with one attached hydrogen (secondary N) is 1. The number of hydrogen-bond acceptors (Lipinski definition) is 22. The van der Waals surface area contributed by atoms with Crippen molar-refractivity contribution in [1.29, 1.82) is 0 Å². The molecule has 0 spiro atoms. The van der Waals surface area contributed by atoms with Crippen LogP contribution in [0.25, 0.3) is 32.3 Å². The molecule has 0 aromatic heterocycles. The Morgan fingerprint density at radius 1 is 0.416 bits per heavy atom. The molecule has 35 heteroatoms. The Balaban J connectivity index is 0.00000312. The van der Waals surface area contributed by atoms with Gasteiger partial charge in [-0.1, -0.05) is 71.8 Å². The van der Waals surface area contributed by atoms with Crippen molar-refractivity contribution in [3.05, 3.63) is 121 Å². The molecule has 0 saturated carbocycles. The maximum absolute atomic E-state index is 14.2. The van der Waals surface area contributed by atoms with E-state index in [0.717, 1.165) is 54.6 Å². The summed E-state index contributed by atoms with van der Waals surface area (Å²) in [7, 11) is -26.7. The number of para-hydroxylation sites is 1. The molecule has 4 N–H and O–H groups in total. The van der Waals surface area contributed by atoms with E-state index < -0.39 is 137 Å². The Hall–Kier alpha value is -2.91. The van der Waals surface area contributed by atoms with Crippen LogP contribution in [-0.2, 0) is 50.6 Å². The minimum Gasteiger partial charge on any atom is -0.872 e. The fraction of sp³-hybridized carbons (Fsp3) is 0. The van der Waals surface area contributed by atoms with Gasteiger partial charge < -0.3 is 29.7 Å². The zero-order valence-corrected chi connectivity index (χ0v) is 54.3. The first-order valence-corrected chi connectivity index (χ1v) is 26.6. The molecule has 0 bridgehead atoms. The van der Waals surface area contributed by atoms with Gasteiger partial charge in [-0.15, -0.1) is 25.6 Å². The molecule has 8 aromatic carbocycles. The van der Waals surface area contributed by atoms with E-state index in [4.69, 9.17) is 0 Å². The van der Waals surface area contributed by atoms with Crippen molar-refractivity contribution >= 4 is 128 Å². The van der Waals surface area contributed by atoms with Crippen molar-refractivity contribution in [2.75, 3.05) is 5.32 Å². The van der Waals surface area contributed by atoms with Crippen LogP contribution < -0.4 is 168 Å². The first-order chi connectivity index (χ1) is 33.6. The van der Waals surface area contributed by atoms with Crippen molar-refractivity contribution in [1.82, 2.24) is 0 Å². The predicted octanol–water partition coefficient (Wildman–Crippen LogP) is -8.07. The third-order valence-corrected chi connectivity index (χ3v) is 14.6. The monoisotopic (exact) mass is 1190 g/mol. The second-order valence-electron chi connectivity index (χ2n) is 14.9. The van der Waals surface area contributed by atoms with Crippen molar-refractivity contribution < 1.29 is 228 Å². The molecule has 0 aliphatic rings. The molecule has 0 aliphatic heterocycles. The Morgan fingerprint density at radius 2 is 0.948 bits per heavy atom. The first kappa shape index (κ1) is 68.4. The van der Waals surface area contributed by atoms with Gasteiger partial charge in [0.25, 0.3) is 30.4 Å². The second-order valence-corrected chi connectivity index (χ2v) is 21.8. The Bertz CT molecular complexity index is 4340. The predicted molar refractivity (Wildman–Crippen MR) is 244 cm³/mol. The molecule has 370 valence electrons. The average molecular weight is 1190 g/mol. The quantitative estimate of drug-likeness (QED) is 0.0473. The summed E-state index contributed by atoms with van der Waals surface area (Å²) in [4.78, 5) is -5.49. The third kappa shape index (κ3) is 15.2. The van der Waals surface area contributed by atoms with Crippen LogP contribution in [0, 0.1) is 0 Å². The topological polar surface area (TPSA) is 433 Å². The molecule has 0 amide bonds. The number of benzene rings is 8. The summed E-state index contributed by atoms with van der Waals surface area (Å²) in [6.07, 6.45) is 0. The molecule has 0 saturated heterocycles. The fourth-order valence-electron chi connectivity index (χ4n) is 7.14. The zero-order chi connectivity index (χ0) is 52.3. The van der Waals surface area contributed by atoms with Gasteiger partial charge in [0.15, 0.2) is 0 Å². The molecule has 77 heavy (non-hydrogen) atoms. The number of anilines is 2. The summed E-state index contributed by atoms with van der Waals surface area (Å²) in [5.74, 6) is -3.53. The van der Waals surface area contributed by atoms with Crippen molar-refractivity contribution in [2.45, 2.75) is 24.5 Å². The van der Waals surface area contributed by atoms with Gasteiger partial charge in [-0.05, 0) is 88.3 Å². The van der Waals surface area contributed by atoms with E-state index in [-0.39, 0.29) is 175 Å². The molecule has 8 rings (SSSR count). The first-order valence-electron chi connectivity index (χ1n) is 19.5. The van der Waals surface area contributed by atoms with E-state index in [1.165, 1.54) is 24.3 Å². The summed E-state index contributed by atoms with van der Waals surface area (Å²) in [6, 6.07) is 22.3. The van der Waals surface area contributed by atoms with E-state index >= 15 is 0 Å². The van der Waals surface area contributed by atoms with Crippen LogP contribution in [0.2, 0.25) is 0 Å². The number of azo groups is 3. The smallest absolute Gasteiger partial charge is 0.872 e. The van der Waals surface area contributed by atoms with Gasteiger partial charge in [0, 0.05) is 16.5 Å². The minimum atomic E-state index is -5.45. The van der Waals surface area contributed by atoms with Crippen LogP contribution >= 0.6 is 0 Å². The van der Waals surface area contributed by atoms with E-state index in [1.54, 1.807) is 30.3 Å². The molecule has 8 aromatic rings. The molecule has 25 nitrogen and oxygen atoms in total. The Kier molecular flexibility index (Phi) is 23.4. The molecular formula is C42H24N7Na5O18S5. The van der Waals surface area contributed by atoms with Crippen LogP contribution in [-0.4, -0.2) is 64.9 Å². The van der Waals surface area contributed by atoms with Gasteiger partial charge in [-0.2, -0.15) is 30.4 Å². The van der Waals surface area contributed by atoms with Gasteiger partial charge in [0.2, 0.25) is 0 Å². The van der Waals surface area contributed by atoms with Crippen molar-refractivity contribution in [3.63, 3.8) is 0 Å². The van der Waals surface area contributed by atoms with Gasteiger partial charge in [-0.25, -0.2) is 16.8 Å². The maximum Gasteiger partial charge on any atom is 1.00 e. The molecule has 0 unspecified atom stereocenters. The molecule has 0 atom stereocenters. The van der Waals surface area contributed by atoms with Crippen LogP contribution in [0.5, 0.6) is 17.2 Å². The van der Waals surface area contributed by atoms with Crippen LogP contribution in [0.15, 0.2) is 176 Å². The van der Waals surface area contributed by atoms with E-state index in [2.05, 4.69) is 36.0 Å². The van der Waals surface area contributed by atoms with E-state index in [1.807, 2.05) is 0 Å².